The van der Waals surface area contributed by atoms with Crippen LogP contribution in [0.25, 0.3) is 11.1 Å². The Bertz CT molecular complexity index is 1760. The number of aryl methyl sites for hydroxylation is 2. The van der Waals surface area contributed by atoms with Crippen molar-refractivity contribution in [3.63, 3.8) is 0 Å². The van der Waals surface area contributed by atoms with Crippen molar-refractivity contribution >= 4 is 30.8 Å². The summed E-state index contributed by atoms with van der Waals surface area (Å²) in [6.07, 6.45) is 0. The van der Waals surface area contributed by atoms with E-state index in [2.05, 4.69) is 0 Å². The molecule has 0 N–H and O–H groups in total. The molecule has 0 unspecified atom stereocenters. The highest BCUT2D eigenvalue weighted by atomic mass is 32.3. The molecular weight excluding hydrogens is 549 g/mol. The molecule has 0 saturated heterocycles. The third-order valence-corrected chi connectivity index (χ3v) is 12.0. The molecule has 0 aliphatic carbocycles. The summed E-state index contributed by atoms with van der Waals surface area (Å²) >= 11 is 0. The van der Waals surface area contributed by atoms with E-state index in [-0.39, 0.29) is 15.4 Å². The number of hydrogen-bond acceptors (Lipinski definition) is 4. The number of rotatable bonds is 8. The van der Waals surface area contributed by atoms with E-state index in [1.807, 2.05) is 80.6 Å². The fraction of sp³-hybridized carbons (Fsp3) is 0.0857. The highest BCUT2D eigenvalue weighted by molar-refractivity contribution is 8.09. The summed E-state index contributed by atoms with van der Waals surface area (Å²) in [6, 6.07) is 40.3. The molecule has 41 heavy (non-hydrogen) atoms. The highest BCUT2D eigenvalue weighted by Crippen LogP contribution is 2.42. The van der Waals surface area contributed by atoms with Gasteiger partial charge in [0.1, 0.15) is 0 Å². The molecule has 5 aromatic carbocycles. The van der Waals surface area contributed by atoms with Gasteiger partial charge >= 0.3 is 0 Å². The van der Waals surface area contributed by atoms with Crippen LogP contribution in [0.3, 0.4) is 0 Å². The minimum absolute atomic E-state index is 0.0577. The first-order chi connectivity index (χ1) is 19.7. The summed E-state index contributed by atoms with van der Waals surface area (Å²) in [5, 5.41) is 0. The summed E-state index contributed by atoms with van der Waals surface area (Å²) in [4.78, 5) is -0.115. The van der Waals surface area contributed by atoms with E-state index in [4.69, 9.17) is 0 Å². The molecule has 0 radical (unpaired) electrons. The SMILES string of the molecule is Cc1ccc(S(=O)(=O)C(C(=C(c2ccccc2)c2ccccc2)c2ccccc2)S(=O)(=O)c2ccc(C)cc2)cc1. The van der Waals surface area contributed by atoms with Crippen LogP contribution in [-0.4, -0.2) is 21.4 Å². The van der Waals surface area contributed by atoms with Crippen LogP contribution in [0.4, 0.5) is 0 Å². The van der Waals surface area contributed by atoms with Gasteiger partial charge in [0.2, 0.25) is 0 Å². The second-order valence-corrected chi connectivity index (χ2v) is 14.3. The molecule has 0 bridgehead atoms. The fourth-order valence-corrected chi connectivity index (χ4v) is 9.54. The zero-order chi connectivity index (χ0) is 29.0. The van der Waals surface area contributed by atoms with E-state index >= 15 is 0 Å². The Hall–Kier alpha value is -4.26. The van der Waals surface area contributed by atoms with E-state index in [0.29, 0.717) is 22.3 Å². The van der Waals surface area contributed by atoms with Crippen molar-refractivity contribution < 1.29 is 16.8 Å². The molecule has 0 amide bonds. The van der Waals surface area contributed by atoms with Crippen molar-refractivity contribution in [2.75, 3.05) is 0 Å². The number of sulfone groups is 2. The van der Waals surface area contributed by atoms with Crippen molar-refractivity contribution in [3.05, 3.63) is 167 Å². The second-order valence-electron chi connectivity index (χ2n) is 9.93. The predicted molar refractivity (Wildman–Crippen MR) is 166 cm³/mol. The molecule has 0 aromatic heterocycles. The second kappa shape index (κ2) is 11.7. The molecule has 0 aliphatic heterocycles. The number of benzene rings is 5. The first-order valence-electron chi connectivity index (χ1n) is 13.2. The zero-order valence-corrected chi connectivity index (χ0v) is 24.4. The van der Waals surface area contributed by atoms with Crippen LogP contribution in [0.1, 0.15) is 27.8 Å². The summed E-state index contributed by atoms with van der Waals surface area (Å²) in [6.45, 7) is 3.71. The first kappa shape index (κ1) is 28.3. The minimum atomic E-state index is -4.49. The Labute approximate surface area is 242 Å². The lowest BCUT2D eigenvalue weighted by atomic mass is 9.90. The Morgan fingerprint density at radius 3 is 1.10 bits per heavy atom. The maximum absolute atomic E-state index is 14.7. The van der Waals surface area contributed by atoms with Crippen LogP contribution in [-0.2, 0) is 19.7 Å². The van der Waals surface area contributed by atoms with E-state index in [9.17, 15) is 16.8 Å². The van der Waals surface area contributed by atoms with Gasteiger partial charge < -0.3 is 0 Å². The Kier molecular flexibility index (Phi) is 8.06. The smallest absolute Gasteiger partial charge is 0.200 e. The minimum Gasteiger partial charge on any atom is -0.222 e. The lowest BCUT2D eigenvalue weighted by molar-refractivity contribution is 0.583. The molecule has 0 spiro atoms. The quantitative estimate of drug-likeness (QED) is 0.178. The fourth-order valence-electron chi connectivity index (χ4n) is 4.88. The van der Waals surface area contributed by atoms with Gasteiger partial charge in [-0.1, -0.05) is 126 Å². The molecule has 0 fully saturated rings. The van der Waals surface area contributed by atoms with E-state index in [0.717, 1.165) is 11.1 Å². The molecule has 206 valence electrons. The highest BCUT2D eigenvalue weighted by Gasteiger charge is 2.44. The average Bonchev–Trinajstić information content (AvgIpc) is 2.98. The molecule has 0 heterocycles. The first-order valence-corrected chi connectivity index (χ1v) is 16.3. The van der Waals surface area contributed by atoms with Gasteiger partial charge in [-0.25, -0.2) is 16.8 Å². The molecular formula is C35H30O4S2. The van der Waals surface area contributed by atoms with E-state index in [1.54, 1.807) is 48.5 Å². The Balaban J connectivity index is 1.97. The van der Waals surface area contributed by atoms with Gasteiger partial charge in [-0.2, -0.15) is 0 Å². The lowest BCUT2D eigenvalue weighted by Crippen LogP contribution is -2.33. The third-order valence-electron chi connectivity index (χ3n) is 6.98. The predicted octanol–water partition coefficient (Wildman–Crippen LogP) is 7.54. The van der Waals surface area contributed by atoms with Crippen molar-refractivity contribution in [3.8, 4) is 0 Å². The summed E-state index contributed by atoms with van der Waals surface area (Å²) in [5.74, 6) is 0. The van der Waals surface area contributed by atoms with Gasteiger partial charge in [-0.15, -0.1) is 0 Å². The van der Waals surface area contributed by atoms with Crippen molar-refractivity contribution in [1.29, 1.82) is 0 Å². The van der Waals surface area contributed by atoms with Crippen LogP contribution in [0, 0.1) is 13.8 Å². The van der Waals surface area contributed by atoms with Gasteiger partial charge in [-0.05, 0) is 60.4 Å². The topological polar surface area (TPSA) is 68.3 Å². The van der Waals surface area contributed by atoms with Crippen molar-refractivity contribution in [2.24, 2.45) is 0 Å². The Morgan fingerprint density at radius 1 is 0.439 bits per heavy atom. The van der Waals surface area contributed by atoms with Gasteiger partial charge in [0.15, 0.2) is 24.3 Å². The van der Waals surface area contributed by atoms with Gasteiger partial charge in [-0.3, -0.25) is 0 Å². The summed E-state index contributed by atoms with van der Waals surface area (Å²) < 4.78 is 56.9. The van der Waals surface area contributed by atoms with E-state index in [1.165, 1.54) is 24.3 Å². The van der Waals surface area contributed by atoms with Crippen LogP contribution < -0.4 is 0 Å². The van der Waals surface area contributed by atoms with Crippen molar-refractivity contribution in [2.45, 2.75) is 28.2 Å². The summed E-state index contributed by atoms with van der Waals surface area (Å²) in [5.41, 5.74) is 4.40. The standard InChI is InChI=1S/C35H30O4S2/c1-26-18-22-31(23-19-26)40(36,37)35(41(38,39)32-24-20-27(2)21-25-32)34(30-16-10-5-11-17-30)33(28-12-6-3-7-13-28)29-14-8-4-9-15-29/h3-25,35H,1-2H3. The monoisotopic (exact) mass is 578 g/mol. The van der Waals surface area contributed by atoms with Gasteiger partial charge in [0.25, 0.3) is 0 Å². The van der Waals surface area contributed by atoms with Crippen molar-refractivity contribution in [1.82, 2.24) is 0 Å². The Morgan fingerprint density at radius 2 is 0.756 bits per heavy atom. The van der Waals surface area contributed by atoms with Crippen LogP contribution in [0.5, 0.6) is 0 Å². The average molecular weight is 579 g/mol. The normalized spacial score (nSPS) is 11.8. The molecule has 0 atom stereocenters. The van der Waals surface area contributed by atoms with E-state index < -0.39 is 24.3 Å². The maximum Gasteiger partial charge on any atom is 0.200 e. The molecule has 0 saturated carbocycles. The zero-order valence-electron chi connectivity index (χ0n) is 22.8. The molecule has 5 rings (SSSR count). The van der Waals surface area contributed by atoms with Crippen LogP contribution in [0.15, 0.2) is 149 Å². The van der Waals surface area contributed by atoms with Crippen LogP contribution in [0.2, 0.25) is 0 Å². The molecule has 5 aromatic rings. The molecule has 6 heteroatoms. The molecule has 4 nitrogen and oxygen atoms in total. The summed E-state index contributed by atoms with van der Waals surface area (Å²) in [7, 11) is -8.98. The largest absolute Gasteiger partial charge is 0.222 e. The molecule has 0 aliphatic rings. The number of hydrogen-bond donors (Lipinski definition) is 0. The lowest BCUT2D eigenvalue weighted by Gasteiger charge is -2.26. The third kappa shape index (κ3) is 5.80. The van der Waals surface area contributed by atoms with Gasteiger partial charge in [0, 0.05) is 5.57 Å². The van der Waals surface area contributed by atoms with Crippen LogP contribution >= 0.6 is 0 Å². The maximum atomic E-state index is 14.7. The van der Waals surface area contributed by atoms with Gasteiger partial charge in [0.05, 0.1) is 9.79 Å².